The molecule has 34 heavy (non-hydrogen) atoms. The van der Waals surface area contributed by atoms with E-state index in [9.17, 15) is 31.5 Å². The van der Waals surface area contributed by atoms with Gasteiger partial charge in [-0.15, -0.1) is 3.89 Å². The molecule has 6 nitrogen and oxygen atoms in total. The van der Waals surface area contributed by atoms with Crippen molar-refractivity contribution in [2.45, 2.75) is 62.7 Å². The molecule has 2 atom stereocenters. The maximum Gasteiger partial charge on any atom is 0.332 e. The molecule has 12 heteroatoms. The molecule has 2 aliphatic rings. The molecule has 0 aromatic heterocycles. The Kier molecular flexibility index (Phi) is 13.8. The molecule has 2 aliphatic carbocycles. The molecule has 0 bridgehead atoms. The minimum Gasteiger partial charge on any atom is -0.281 e. The van der Waals surface area contributed by atoms with Crippen LogP contribution in [-0.2, 0) is 24.6 Å². The lowest BCUT2D eigenvalue weighted by Gasteiger charge is -2.30. The first-order valence-electron chi connectivity index (χ1n) is 10.6. The van der Waals surface area contributed by atoms with E-state index in [1.54, 1.807) is 0 Å². The highest BCUT2D eigenvalue weighted by Gasteiger charge is 2.39. The Bertz CT molecular complexity index is 959. The molecular weight excluding hydrogens is 553 g/mol. The Hall–Kier alpha value is -1.06. The van der Waals surface area contributed by atoms with Gasteiger partial charge < -0.3 is 0 Å². The van der Waals surface area contributed by atoms with Gasteiger partial charge in [-0.1, -0.05) is 44.2 Å². The topological polar surface area (TPSA) is 102 Å². The maximum atomic E-state index is 12.4. The molecule has 2 saturated carbocycles. The largest absolute Gasteiger partial charge is 0.332 e. The van der Waals surface area contributed by atoms with Crippen LogP contribution in [0, 0.1) is 17.8 Å². The summed E-state index contributed by atoms with van der Waals surface area (Å²) in [6, 6.07) is 4.45. The summed E-state index contributed by atoms with van der Waals surface area (Å²) < 4.78 is 33.2. The summed E-state index contributed by atoms with van der Waals surface area (Å²) in [7, 11) is -4.77. The van der Waals surface area contributed by atoms with Gasteiger partial charge in [0.2, 0.25) is 15.7 Å². The van der Waals surface area contributed by atoms with E-state index in [2.05, 4.69) is 0 Å². The SMILES string of the molecule is O=C(Cl)CCC1CCCCC1.O=C(Cl)[C@@H]1CC[C@H]1C(=O)Cl.O=C(Cl)c1cccc(S(=O)(=O)F)c1. The van der Waals surface area contributed by atoms with E-state index in [-0.39, 0.29) is 22.6 Å². The smallest absolute Gasteiger partial charge is 0.281 e. The molecule has 1 aromatic rings. The summed E-state index contributed by atoms with van der Waals surface area (Å²) >= 11 is 20.7. The Morgan fingerprint density at radius 2 is 1.38 bits per heavy atom. The molecular formula is C22H25Cl4FO6S. The standard InChI is InChI=1S/C9H15ClO.C7H4ClFO3S.C6H6Cl2O2/c10-9(11)7-6-8-4-2-1-3-5-8;8-7(10)5-2-1-3-6(4-5)13(9,11)12;7-5(9)3-1-2-4(3)6(8)10/h8H,1-7H2;1-4H;3-4H,1-2H2/t;;3-,4-/m..1/s1. The number of carbonyl (C=O) groups excluding carboxylic acids is 4. The van der Waals surface area contributed by atoms with Crippen LogP contribution in [0.3, 0.4) is 0 Å². The predicted octanol–water partition coefficient (Wildman–Crippen LogP) is 6.38. The zero-order valence-electron chi connectivity index (χ0n) is 18.2. The van der Waals surface area contributed by atoms with Crippen LogP contribution >= 0.6 is 46.4 Å². The summed E-state index contributed by atoms with van der Waals surface area (Å²) in [5.74, 6) is 0.157. The number of halogens is 5. The minimum atomic E-state index is -4.77. The predicted molar refractivity (Wildman–Crippen MR) is 130 cm³/mol. The molecule has 1 aromatic carbocycles. The molecule has 3 rings (SSSR count). The molecule has 0 unspecified atom stereocenters. The molecule has 0 radical (unpaired) electrons. The normalized spacial score (nSPS) is 19.9. The van der Waals surface area contributed by atoms with Gasteiger partial charge in [0.05, 0.1) is 4.90 Å². The number of carbonyl (C=O) groups is 4. The quantitative estimate of drug-likeness (QED) is 0.348. The monoisotopic (exact) mass is 576 g/mol. The van der Waals surface area contributed by atoms with Gasteiger partial charge in [0.15, 0.2) is 0 Å². The molecule has 2 fully saturated rings. The van der Waals surface area contributed by atoms with Crippen LogP contribution < -0.4 is 0 Å². The number of hydrogen-bond acceptors (Lipinski definition) is 6. The third-order valence-electron chi connectivity index (χ3n) is 5.67. The lowest BCUT2D eigenvalue weighted by Crippen LogP contribution is -2.34. The second kappa shape index (κ2) is 15.1. The van der Waals surface area contributed by atoms with Gasteiger partial charge in [-0.05, 0) is 83.7 Å². The van der Waals surface area contributed by atoms with Crippen LogP contribution in [0.4, 0.5) is 3.89 Å². The van der Waals surface area contributed by atoms with Crippen molar-refractivity contribution in [3.05, 3.63) is 29.8 Å². The van der Waals surface area contributed by atoms with Crippen LogP contribution in [0.2, 0.25) is 0 Å². The average molecular weight is 578 g/mol. The number of rotatable bonds is 7. The Balaban J connectivity index is 0.000000257. The third kappa shape index (κ3) is 11.6. The summed E-state index contributed by atoms with van der Waals surface area (Å²) in [4.78, 5) is 41.4. The third-order valence-corrected chi connectivity index (χ3v) is 7.46. The lowest BCUT2D eigenvalue weighted by atomic mass is 9.75. The van der Waals surface area contributed by atoms with Crippen LogP contribution in [0.5, 0.6) is 0 Å². The van der Waals surface area contributed by atoms with Gasteiger partial charge in [0.1, 0.15) is 0 Å². The first-order chi connectivity index (χ1) is 15.8. The Morgan fingerprint density at radius 1 is 0.853 bits per heavy atom. The van der Waals surface area contributed by atoms with E-state index in [4.69, 9.17) is 46.4 Å². The number of benzene rings is 1. The Morgan fingerprint density at radius 3 is 1.76 bits per heavy atom. The highest BCUT2D eigenvalue weighted by atomic mass is 35.5. The van der Waals surface area contributed by atoms with Crippen molar-refractivity contribution < 1.29 is 31.5 Å². The fourth-order valence-electron chi connectivity index (χ4n) is 3.61. The lowest BCUT2D eigenvalue weighted by molar-refractivity contribution is -0.128. The van der Waals surface area contributed by atoms with Crippen molar-refractivity contribution >= 4 is 77.6 Å². The second-order valence-corrected chi connectivity index (χ2v) is 10.9. The minimum absolute atomic E-state index is 0.0552. The highest BCUT2D eigenvalue weighted by Crippen LogP contribution is 2.37. The van der Waals surface area contributed by atoms with Gasteiger partial charge in [-0.2, -0.15) is 8.42 Å². The van der Waals surface area contributed by atoms with Crippen molar-refractivity contribution in [2.75, 3.05) is 0 Å². The van der Waals surface area contributed by atoms with Gasteiger partial charge in [0.25, 0.3) is 5.24 Å². The van der Waals surface area contributed by atoms with Crippen molar-refractivity contribution in [1.29, 1.82) is 0 Å². The van der Waals surface area contributed by atoms with E-state index in [0.717, 1.165) is 24.5 Å². The molecule has 0 amide bonds. The Labute approximate surface area is 218 Å². The van der Waals surface area contributed by atoms with Crippen LogP contribution in [0.1, 0.15) is 68.1 Å². The van der Waals surface area contributed by atoms with Crippen LogP contribution in [0.25, 0.3) is 0 Å². The van der Waals surface area contributed by atoms with E-state index in [0.29, 0.717) is 19.3 Å². The van der Waals surface area contributed by atoms with Crippen molar-refractivity contribution in [3.8, 4) is 0 Å². The van der Waals surface area contributed by atoms with Gasteiger partial charge in [-0.25, -0.2) is 0 Å². The van der Waals surface area contributed by atoms with Gasteiger partial charge in [0, 0.05) is 23.8 Å². The van der Waals surface area contributed by atoms with Crippen LogP contribution in [0.15, 0.2) is 29.2 Å². The summed E-state index contributed by atoms with van der Waals surface area (Å²) in [5.41, 5.74) is -0.0552. The molecule has 0 aliphatic heterocycles. The van der Waals surface area contributed by atoms with E-state index < -0.39 is 30.8 Å². The highest BCUT2D eigenvalue weighted by molar-refractivity contribution is 7.86. The van der Waals surface area contributed by atoms with Gasteiger partial charge >= 0.3 is 10.2 Å². The zero-order chi connectivity index (χ0) is 25.9. The number of hydrogen-bond donors (Lipinski definition) is 0. The fraction of sp³-hybridized carbons (Fsp3) is 0.545. The fourth-order valence-corrected chi connectivity index (χ4v) is 4.86. The first kappa shape index (κ1) is 31.0. The van der Waals surface area contributed by atoms with Crippen molar-refractivity contribution in [1.82, 2.24) is 0 Å². The van der Waals surface area contributed by atoms with Crippen molar-refractivity contribution in [2.24, 2.45) is 17.8 Å². The zero-order valence-corrected chi connectivity index (χ0v) is 22.0. The molecule has 190 valence electrons. The summed E-state index contributed by atoms with van der Waals surface area (Å²) in [6.45, 7) is 0. The summed E-state index contributed by atoms with van der Waals surface area (Å²) in [5, 5.41) is -1.88. The van der Waals surface area contributed by atoms with E-state index in [1.807, 2.05) is 0 Å². The van der Waals surface area contributed by atoms with Crippen molar-refractivity contribution in [3.63, 3.8) is 0 Å². The summed E-state index contributed by atoms with van der Waals surface area (Å²) in [6.07, 6.45) is 9.69. The average Bonchev–Trinajstić information content (AvgIpc) is 2.72. The molecule has 0 N–H and O–H groups in total. The molecule has 0 saturated heterocycles. The van der Waals surface area contributed by atoms with Gasteiger partial charge in [-0.3, -0.25) is 19.2 Å². The van der Waals surface area contributed by atoms with E-state index in [1.165, 1.54) is 44.2 Å². The van der Waals surface area contributed by atoms with Crippen LogP contribution in [-0.4, -0.2) is 29.4 Å². The maximum absolute atomic E-state index is 12.4. The molecule has 0 spiro atoms. The molecule has 0 heterocycles. The second-order valence-electron chi connectivity index (χ2n) is 8.04. The first-order valence-corrected chi connectivity index (χ1v) is 13.5. The van der Waals surface area contributed by atoms with E-state index >= 15 is 0 Å².